The lowest BCUT2D eigenvalue weighted by molar-refractivity contribution is -0.131. The molecule has 0 bridgehead atoms. The molecule has 1 amide bonds. The molecule has 0 spiro atoms. The van der Waals surface area contributed by atoms with Gasteiger partial charge in [-0.2, -0.15) is 0 Å². The summed E-state index contributed by atoms with van der Waals surface area (Å²) in [5.74, 6) is 5.73. The Labute approximate surface area is 116 Å². The molecular weight excluding hydrogens is 262 g/mol. The van der Waals surface area contributed by atoms with E-state index in [2.05, 4.69) is 12.3 Å². The number of pyridine rings is 1. The molecule has 4 nitrogen and oxygen atoms in total. The van der Waals surface area contributed by atoms with Gasteiger partial charge in [0.05, 0.1) is 16.0 Å². The van der Waals surface area contributed by atoms with Crippen molar-refractivity contribution in [2.45, 2.75) is 25.2 Å². The van der Waals surface area contributed by atoms with Crippen LogP contribution in [0.15, 0.2) is 30.6 Å². The van der Waals surface area contributed by atoms with E-state index in [4.69, 9.17) is 17.4 Å². The number of carbonyl (C=O) groups is 1. The second kappa shape index (κ2) is 4.25. The Bertz CT molecular complexity index is 643. The largest absolute Gasteiger partial charge is 0.322 e. The fourth-order valence-electron chi connectivity index (χ4n) is 3.19. The lowest BCUT2D eigenvalue weighted by Gasteiger charge is -2.45. The topological polar surface area (TPSA) is 59.5 Å². The molecular formula is C14H16ClN3O. The molecule has 19 heavy (non-hydrogen) atoms. The van der Waals surface area contributed by atoms with Crippen LogP contribution in [0.4, 0.5) is 0 Å². The van der Waals surface area contributed by atoms with E-state index in [1.165, 1.54) is 0 Å². The van der Waals surface area contributed by atoms with Gasteiger partial charge in [0.25, 0.3) is 0 Å². The lowest BCUT2D eigenvalue weighted by Crippen LogP contribution is -2.54. The number of nitrogens with two attached hydrogens (primary N) is 1. The summed E-state index contributed by atoms with van der Waals surface area (Å²) in [4.78, 5) is 12.2. The van der Waals surface area contributed by atoms with Gasteiger partial charge in [0.2, 0.25) is 5.91 Å². The van der Waals surface area contributed by atoms with Gasteiger partial charge >= 0.3 is 0 Å². The quantitative estimate of drug-likeness (QED) is 0.502. The first kappa shape index (κ1) is 12.5. The first-order valence-electron chi connectivity index (χ1n) is 6.34. The molecule has 3 N–H and O–H groups in total. The zero-order chi connectivity index (χ0) is 13.6. The summed E-state index contributed by atoms with van der Waals surface area (Å²) in [6.45, 7) is 2.14. The number of aromatic nitrogens is 1. The van der Waals surface area contributed by atoms with Gasteiger partial charge in [-0.15, -0.1) is 0 Å². The van der Waals surface area contributed by atoms with Crippen LogP contribution in [0.5, 0.6) is 0 Å². The molecule has 1 aliphatic rings. The second-order valence-electron chi connectivity index (χ2n) is 5.45. The van der Waals surface area contributed by atoms with Crippen LogP contribution < -0.4 is 11.3 Å². The Hall–Kier alpha value is -1.52. The van der Waals surface area contributed by atoms with E-state index in [0.29, 0.717) is 10.9 Å². The summed E-state index contributed by atoms with van der Waals surface area (Å²) in [5, 5.41) is 0.659. The number of hydrazine groups is 1. The maximum Gasteiger partial charge on any atom is 0.244 e. The SMILES string of the molecule is CC1CC(C(=O)NN)(c2cc(Cl)c3cccn3c2)C1. The Balaban J connectivity index is 2.13. The summed E-state index contributed by atoms with van der Waals surface area (Å²) in [6, 6.07) is 5.77. The van der Waals surface area contributed by atoms with Gasteiger partial charge < -0.3 is 4.40 Å². The lowest BCUT2D eigenvalue weighted by atomic mass is 9.59. The van der Waals surface area contributed by atoms with E-state index in [0.717, 1.165) is 23.9 Å². The maximum absolute atomic E-state index is 12.2. The molecule has 0 unspecified atom stereocenters. The third-order valence-electron chi connectivity index (χ3n) is 4.10. The highest BCUT2D eigenvalue weighted by molar-refractivity contribution is 6.33. The van der Waals surface area contributed by atoms with Crippen molar-refractivity contribution in [3.8, 4) is 0 Å². The van der Waals surface area contributed by atoms with Gasteiger partial charge in [-0.3, -0.25) is 10.2 Å². The van der Waals surface area contributed by atoms with Crippen LogP contribution in [0, 0.1) is 5.92 Å². The molecule has 1 aliphatic carbocycles. The van der Waals surface area contributed by atoms with Gasteiger partial charge in [-0.25, -0.2) is 5.84 Å². The maximum atomic E-state index is 12.2. The highest BCUT2D eigenvalue weighted by atomic mass is 35.5. The molecule has 2 heterocycles. The molecule has 3 rings (SSSR count). The van der Waals surface area contributed by atoms with Gasteiger partial charge in [-0.1, -0.05) is 18.5 Å². The van der Waals surface area contributed by atoms with Crippen LogP contribution in [0.1, 0.15) is 25.3 Å². The number of rotatable bonds is 2. The summed E-state index contributed by atoms with van der Waals surface area (Å²) < 4.78 is 1.95. The first-order valence-corrected chi connectivity index (χ1v) is 6.72. The first-order chi connectivity index (χ1) is 9.06. The number of hydrogen-bond donors (Lipinski definition) is 2. The molecule has 0 aromatic carbocycles. The van der Waals surface area contributed by atoms with Crippen LogP contribution in [0.3, 0.4) is 0 Å². The van der Waals surface area contributed by atoms with Crippen LogP contribution in [0.25, 0.3) is 5.52 Å². The molecule has 100 valence electrons. The fourth-order valence-corrected chi connectivity index (χ4v) is 3.47. The number of halogens is 1. The summed E-state index contributed by atoms with van der Waals surface area (Å²) in [6.07, 6.45) is 5.52. The highest BCUT2D eigenvalue weighted by Gasteiger charge is 2.49. The monoisotopic (exact) mass is 277 g/mol. The Kier molecular flexibility index (Phi) is 2.80. The van der Waals surface area contributed by atoms with E-state index >= 15 is 0 Å². The Morgan fingerprint density at radius 3 is 2.95 bits per heavy atom. The average molecular weight is 278 g/mol. The van der Waals surface area contributed by atoms with E-state index in [1.807, 2.05) is 35.0 Å². The van der Waals surface area contributed by atoms with Crippen LogP contribution in [-0.2, 0) is 10.2 Å². The summed E-state index contributed by atoms with van der Waals surface area (Å²) in [5.41, 5.74) is 3.64. The third kappa shape index (κ3) is 1.75. The summed E-state index contributed by atoms with van der Waals surface area (Å²) >= 11 is 6.29. The minimum atomic E-state index is -0.531. The average Bonchev–Trinajstić information content (AvgIpc) is 2.82. The minimum absolute atomic E-state index is 0.131. The predicted octanol–water partition coefficient (Wildman–Crippen LogP) is 2.25. The highest BCUT2D eigenvalue weighted by Crippen LogP contribution is 2.48. The van der Waals surface area contributed by atoms with Crippen molar-refractivity contribution >= 4 is 23.0 Å². The molecule has 0 saturated heterocycles. The van der Waals surface area contributed by atoms with Gasteiger partial charge in [0, 0.05) is 12.4 Å². The number of fused-ring (bicyclic) bond motifs is 1. The zero-order valence-electron chi connectivity index (χ0n) is 10.7. The van der Waals surface area contributed by atoms with Crippen molar-refractivity contribution in [3.05, 3.63) is 41.2 Å². The number of carbonyl (C=O) groups excluding carboxylic acids is 1. The van der Waals surface area contributed by atoms with Gasteiger partial charge in [-0.05, 0) is 42.5 Å². The van der Waals surface area contributed by atoms with Crippen molar-refractivity contribution in [1.29, 1.82) is 0 Å². The van der Waals surface area contributed by atoms with Crippen LogP contribution >= 0.6 is 11.6 Å². The molecule has 0 aliphatic heterocycles. The standard InChI is InChI=1S/C14H16ClN3O/c1-9-6-14(7-9,13(19)17-16)10-5-11(15)12-3-2-4-18(12)8-10/h2-5,8-9H,6-7,16H2,1H3,(H,17,19). The van der Waals surface area contributed by atoms with Crippen molar-refractivity contribution in [2.75, 3.05) is 0 Å². The number of hydrogen-bond acceptors (Lipinski definition) is 2. The molecule has 1 fully saturated rings. The fraction of sp³-hybridized carbons (Fsp3) is 0.357. The molecule has 2 aromatic rings. The normalized spacial score (nSPS) is 26.2. The van der Waals surface area contributed by atoms with Crippen molar-refractivity contribution in [1.82, 2.24) is 9.83 Å². The number of nitrogens with zero attached hydrogens (tertiary/aromatic N) is 1. The van der Waals surface area contributed by atoms with E-state index < -0.39 is 5.41 Å². The van der Waals surface area contributed by atoms with Crippen molar-refractivity contribution < 1.29 is 4.79 Å². The van der Waals surface area contributed by atoms with Crippen molar-refractivity contribution in [2.24, 2.45) is 11.8 Å². The number of nitrogens with one attached hydrogen (secondary N) is 1. The van der Waals surface area contributed by atoms with Crippen LogP contribution in [0.2, 0.25) is 5.02 Å². The minimum Gasteiger partial charge on any atom is -0.322 e. The van der Waals surface area contributed by atoms with Crippen molar-refractivity contribution in [3.63, 3.8) is 0 Å². The molecule has 0 atom stereocenters. The van der Waals surface area contributed by atoms with Gasteiger partial charge in [0.15, 0.2) is 0 Å². The number of amides is 1. The Morgan fingerprint density at radius 1 is 1.58 bits per heavy atom. The van der Waals surface area contributed by atoms with E-state index in [9.17, 15) is 4.79 Å². The predicted molar refractivity (Wildman–Crippen MR) is 74.8 cm³/mol. The van der Waals surface area contributed by atoms with Gasteiger partial charge in [0.1, 0.15) is 0 Å². The summed E-state index contributed by atoms with van der Waals surface area (Å²) in [7, 11) is 0. The van der Waals surface area contributed by atoms with E-state index in [1.54, 1.807) is 0 Å². The van der Waals surface area contributed by atoms with Crippen LogP contribution in [-0.4, -0.2) is 10.3 Å². The smallest absolute Gasteiger partial charge is 0.244 e. The molecule has 0 radical (unpaired) electrons. The zero-order valence-corrected chi connectivity index (χ0v) is 11.4. The molecule has 5 heteroatoms. The molecule has 2 aromatic heterocycles. The molecule has 1 saturated carbocycles. The third-order valence-corrected chi connectivity index (χ3v) is 4.40. The Morgan fingerprint density at radius 2 is 2.32 bits per heavy atom. The second-order valence-corrected chi connectivity index (χ2v) is 5.85. The van der Waals surface area contributed by atoms with E-state index in [-0.39, 0.29) is 5.91 Å².